The second-order valence-corrected chi connectivity index (χ2v) is 6.88. The molecule has 0 radical (unpaired) electrons. The van der Waals surface area contributed by atoms with Crippen molar-refractivity contribution >= 4 is 27.8 Å². The van der Waals surface area contributed by atoms with E-state index in [1.165, 1.54) is 0 Å². The molecule has 0 aliphatic carbocycles. The van der Waals surface area contributed by atoms with Crippen molar-refractivity contribution in [3.8, 4) is 23.0 Å². The SMILES string of the molecule is C=CCOc1c(Br)cc(C=Nc2ccc(Oc3ccccc3)cc2)cc1OCC. The lowest BCUT2D eigenvalue weighted by Crippen LogP contribution is -2.00. The Kier molecular flexibility index (Phi) is 7.47. The third-order valence-corrected chi connectivity index (χ3v) is 4.44. The van der Waals surface area contributed by atoms with Crippen molar-refractivity contribution in [2.24, 2.45) is 4.99 Å². The summed E-state index contributed by atoms with van der Waals surface area (Å²) < 4.78 is 18.0. The smallest absolute Gasteiger partial charge is 0.175 e. The van der Waals surface area contributed by atoms with Crippen molar-refractivity contribution in [2.75, 3.05) is 13.2 Å². The van der Waals surface area contributed by atoms with E-state index in [-0.39, 0.29) is 0 Å². The van der Waals surface area contributed by atoms with Gasteiger partial charge in [0.05, 0.1) is 16.8 Å². The van der Waals surface area contributed by atoms with E-state index in [1.54, 1.807) is 12.3 Å². The largest absolute Gasteiger partial charge is 0.490 e. The highest BCUT2D eigenvalue weighted by Gasteiger charge is 2.11. The third-order valence-electron chi connectivity index (χ3n) is 3.86. The maximum atomic E-state index is 5.80. The Bertz CT molecular complexity index is 969. The van der Waals surface area contributed by atoms with Crippen LogP contribution < -0.4 is 14.2 Å². The highest BCUT2D eigenvalue weighted by Crippen LogP contribution is 2.36. The van der Waals surface area contributed by atoms with Crippen LogP contribution in [-0.4, -0.2) is 19.4 Å². The van der Waals surface area contributed by atoms with Crippen LogP contribution in [-0.2, 0) is 0 Å². The fourth-order valence-corrected chi connectivity index (χ4v) is 3.16. The fraction of sp³-hybridized carbons (Fsp3) is 0.125. The van der Waals surface area contributed by atoms with Gasteiger partial charge in [-0.1, -0.05) is 30.9 Å². The zero-order chi connectivity index (χ0) is 20.5. The molecule has 0 heterocycles. The van der Waals surface area contributed by atoms with Crippen molar-refractivity contribution in [3.05, 3.63) is 89.4 Å². The van der Waals surface area contributed by atoms with E-state index in [2.05, 4.69) is 27.5 Å². The Labute approximate surface area is 179 Å². The first kappa shape index (κ1) is 20.7. The van der Waals surface area contributed by atoms with Gasteiger partial charge < -0.3 is 14.2 Å². The van der Waals surface area contributed by atoms with Crippen LogP contribution >= 0.6 is 15.9 Å². The zero-order valence-electron chi connectivity index (χ0n) is 16.2. The maximum Gasteiger partial charge on any atom is 0.175 e. The number of nitrogens with zero attached hydrogens (tertiary/aromatic N) is 1. The molecule has 4 nitrogen and oxygen atoms in total. The van der Waals surface area contributed by atoms with Gasteiger partial charge in [0.25, 0.3) is 0 Å². The predicted molar refractivity (Wildman–Crippen MR) is 121 cm³/mol. The lowest BCUT2D eigenvalue weighted by atomic mass is 10.2. The molecule has 5 heteroatoms. The molecule has 0 atom stereocenters. The first-order chi connectivity index (χ1) is 14.2. The van der Waals surface area contributed by atoms with Gasteiger partial charge in [-0.3, -0.25) is 4.99 Å². The second-order valence-electron chi connectivity index (χ2n) is 6.03. The number of rotatable bonds is 9. The lowest BCUT2D eigenvalue weighted by molar-refractivity contribution is 0.295. The molecule has 0 saturated heterocycles. The van der Waals surface area contributed by atoms with Gasteiger partial charge in [-0.15, -0.1) is 0 Å². The molecule has 0 spiro atoms. The highest BCUT2D eigenvalue weighted by atomic mass is 79.9. The Balaban J connectivity index is 1.74. The lowest BCUT2D eigenvalue weighted by Gasteiger charge is -2.13. The molecule has 148 valence electrons. The summed E-state index contributed by atoms with van der Waals surface area (Å²) in [4.78, 5) is 4.54. The summed E-state index contributed by atoms with van der Waals surface area (Å²) in [5.74, 6) is 2.89. The zero-order valence-corrected chi connectivity index (χ0v) is 17.8. The van der Waals surface area contributed by atoms with E-state index in [0.29, 0.717) is 24.7 Å². The molecule has 3 aromatic rings. The minimum atomic E-state index is 0.406. The van der Waals surface area contributed by atoms with Crippen LogP contribution in [0.15, 0.2) is 88.9 Å². The number of para-hydroxylation sites is 1. The maximum absolute atomic E-state index is 5.80. The quantitative estimate of drug-likeness (QED) is 0.260. The van der Waals surface area contributed by atoms with Crippen molar-refractivity contribution in [2.45, 2.75) is 6.92 Å². The first-order valence-corrected chi connectivity index (χ1v) is 10.1. The van der Waals surface area contributed by atoms with Crippen LogP contribution in [0.4, 0.5) is 5.69 Å². The predicted octanol–water partition coefficient (Wildman–Crippen LogP) is 6.96. The Morgan fingerprint density at radius 1 is 0.966 bits per heavy atom. The number of hydrogen-bond acceptors (Lipinski definition) is 4. The van der Waals surface area contributed by atoms with E-state index < -0.39 is 0 Å². The molecule has 0 aromatic heterocycles. The Morgan fingerprint density at radius 2 is 1.69 bits per heavy atom. The van der Waals surface area contributed by atoms with Crippen LogP contribution in [0.5, 0.6) is 23.0 Å². The fourth-order valence-electron chi connectivity index (χ4n) is 2.58. The molecule has 0 N–H and O–H groups in total. The summed E-state index contributed by atoms with van der Waals surface area (Å²) in [5.41, 5.74) is 1.72. The molecular weight excluding hydrogens is 430 g/mol. The van der Waals surface area contributed by atoms with Crippen LogP contribution in [0, 0.1) is 0 Å². The van der Waals surface area contributed by atoms with Gasteiger partial charge in [-0.2, -0.15) is 0 Å². The number of aliphatic imine (C=N–C) groups is 1. The van der Waals surface area contributed by atoms with E-state index in [9.17, 15) is 0 Å². The molecule has 0 bridgehead atoms. The van der Waals surface area contributed by atoms with E-state index in [4.69, 9.17) is 14.2 Å². The minimum absolute atomic E-state index is 0.406. The van der Waals surface area contributed by atoms with Gasteiger partial charge in [0, 0.05) is 6.21 Å². The van der Waals surface area contributed by atoms with E-state index in [1.807, 2.05) is 73.7 Å². The van der Waals surface area contributed by atoms with Gasteiger partial charge in [-0.05, 0) is 76.9 Å². The van der Waals surface area contributed by atoms with Gasteiger partial charge in [0.2, 0.25) is 0 Å². The summed E-state index contributed by atoms with van der Waals surface area (Å²) >= 11 is 3.55. The molecule has 3 aromatic carbocycles. The molecule has 0 aliphatic rings. The summed E-state index contributed by atoms with van der Waals surface area (Å²) in [5, 5.41) is 0. The summed E-state index contributed by atoms with van der Waals surface area (Å²) in [6.07, 6.45) is 3.49. The first-order valence-electron chi connectivity index (χ1n) is 9.26. The van der Waals surface area contributed by atoms with Crippen molar-refractivity contribution in [1.82, 2.24) is 0 Å². The van der Waals surface area contributed by atoms with Crippen molar-refractivity contribution < 1.29 is 14.2 Å². The monoisotopic (exact) mass is 451 g/mol. The normalized spacial score (nSPS) is 10.7. The number of benzene rings is 3. The highest BCUT2D eigenvalue weighted by molar-refractivity contribution is 9.10. The van der Waals surface area contributed by atoms with Crippen molar-refractivity contribution in [1.29, 1.82) is 0 Å². The molecule has 29 heavy (non-hydrogen) atoms. The van der Waals surface area contributed by atoms with E-state index >= 15 is 0 Å². The van der Waals surface area contributed by atoms with Crippen LogP contribution in [0.2, 0.25) is 0 Å². The van der Waals surface area contributed by atoms with Gasteiger partial charge >= 0.3 is 0 Å². The van der Waals surface area contributed by atoms with Crippen LogP contribution in [0.3, 0.4) is 0 Å². The van der Waals surface area contributed by atoms with Crippen LogP contribution in [0.1, 0.15) is 12.5 Å². The van der Waals surface area contributed by atoms with E-state index in [0.717, 1.165) is 27.2 Å². The van der Waals surface area contributed by atoms with Crippen LogP contribution in [0.25, 0.3) is 0 Å². The summed E-state index contributed by atoms with van der Waals surface area (Å²) in [6, 6.07) is 21.1. The molecule has 0 saturated carbocycles. The Hall–Kier alpha value is -3.05. The van der Waals surface area contributed by atoms with Crippen molar-refractivity contribution in [3.63, 3.8) is 0 Å². The second kappa shape index (κ2) is 10.5. The average Bonchev–Trinajstić information content (AvgIpc) is 2.74. The number of ether oxygens (including phenoxy) is 3. The Morgan fingerprint density at radius 3 is 2.38 bits per heavy atom. The van der Waals surface area contributed by atoms with Gasteiger partial charge in [0.15, 0.2) is 11.5 Å². The summed E-state index contributed by atoms with van der Waals surface area (Å²) in [7, 11) is 0. The number of hydrogen-bond donors (Lipinski definition) is 0. The average molecular weight is 452 g/mol. The van der Waals surface area contributed by atoms with Gasteiger partial charge in [-0.25, -0.2) is 0 Å². The number of halogens is 1. The molecular formula is C24H22BrNO3. The third kappa shape index (κ3) is 5.96. The van der Waals surface area contributed by atoms with Gasteiger partial charge in [0.1, 0.15) is 18.1 Å². The molecule has 0 fully saturated rings. The standard InChI is InChI=1S/C24H22BrNO3/c1-3-14-28-24-22(25)15-18(16-23(24)27-4-2)17-26-19-10-12-21(13-11-19)29-20-8-6-5-7-9-20/h3,5-13,15-17H,1,4,14H2,2H3. The minimum Gasteiger partial charge on any atom is -0.490 e. The molecule has 3 rings (SSSR count). The molecule has 0 aliphatic heterocycles. The summed E-state index contributed by atoms with van der Waals surface area (Å²) in [6.45, 7) is 6.56. The topological polar surface area (TPSA) is 40.0 Å². The molecule has 0 unspecified atom stereocenters. The molecule has 0 amide bonds.